The maximum Gasteiger partial charge on any atom is 0.115 e. The molecule has 0 fully saturated rings. The minimum atomic E-state index is -0.639. The summed E-state index contributed by atoms with van der Waals surface area (Å²) in [5, 5.41) is 44.4. The normalized spacial score (nSPS) is 12.2. The van der Waals surface area contributed by atoms with Crippen LogP contribution in [0.15, 0.2) is 133 Å². The Balaban J connectivity index is 0.00000234. The van der Waals surface area contributed by atoms with Gasteiger partial charge in [-0.25, -0.2) is 0 Å². The smallest absolute Gasteiger partial charge is 0.115 e. The summed E-state index contributed by atoms with van der Waals surface area (Å²) in [5.74, 6) is 0.370. The quantitative estimate of drug-likeness (QED) is 0.127. The standard InChI is InChI=1S/C41H36N2O4.2H2O/c1-27-11-21-36(45)24-30(27)26-43(47)34-19-15-32(16-20-34)41(39-9-5-3-7-37(39)38-8-4-6-10-40(38)41)31-13-17-33(18-14-31)42(46)25-29-12-22-35(44)23-28(29)2;;/h3-24,44-47H,25-26H2,1-2H3;2*1H2. The Hall–Kier alpha value is -5.64. The van der Waals surface area contributed by atoms with Crippen LogP contribution in [-0.4, -0.2) is 31.6 Å². The first-order valence-corrected chi connectivity index (χ1v) is 15.7. The van der Waals surface area contributed by atoms with E-state index in [9.17, 15) is 20.6 Å². The molecular formula is C41H40N2O6. The van der Waals surface area contributed by atoms with Gasteiger partial charge in [-0.3, -0.25) is 20.5 Å². The van der Waals surface area contributed by atoms with Crippen LogP contribution in [-0.2, 0) is 18.5 Å². The SMILES string of the molecule is Cc1cc(O)ccc1CN(O)c1ccc(C2(c3ccc(N(O)Cc4cc(O)ccc4C)cc3)c3ccccc3-c3ccccc32)cc1.O.O. The molecule has 0 amide bonds. The van der Waals surface area contributed by atoms with Gasteiger partial charge in [0.05, 0.1) is 29.9 Å². The number of aryl methyl sites for hydroxylation is 2. The van der Waals surface area contributed by atoms with Crippen LogP contribution in [0.5, 0.6) is 11.5 Å². The number of phenolic OH excluding ortho intramolecular Hbond substituents is 2. The molecule has 0 unspecified atom stereocenters. The lowest BCUT2D eigenvalue weighted by Gasteiger charge is -2.34. The highest BCUT2D eigenvalue weighted by Crippen LogP contribution is 2.56. The van der Waals surface area contributed by atoms with E-state index in [-0.39, 0.29) is 35.5 Å². The van der Waals surface area contributed by atoms with Gasteiger partial charge in [0.15, 0.2) is 0 Å². The monoisotopic (exact) mass is 656 g/mol. The van der Waals surface area contributed by atoms with Crippen molar-refractivity contribution in [3.8, 4) is 22.6 Å². The molecule has 0 saturated carbocycles. The van der Waals surface area contributed by atoms with Crippen molar-refractivity contribution in [3.05, 3.63) is 178 Å². The average molecular weight is 657 g/mol. The third kappa shape index (κ3) is 6.10. The second-order valence-electron chi connectivity index (χ2n) is 12.3. The van der Waals surface area contributed by atoms with Gasteiger partial charge < -0.3 is 21.2 Å². The third-order valence-electron chi connectivity index (χ3n) is 9.45. The summed E-state index contributed by atoms with van der Waals surface area (Å²) in [4.78, 5) is 0. The Morgan fingerprint density at radius 2 is 0.939 bits per heavy atom. The Bertz CT molecular complexity index is 2030. The van der Waals surface area contributed by atoms with Crippen molar-refractivity contribution in [1.29, 1.82) is 0 Å². The van der Waals surface area contributed by atoms with Crippen molar-refractivity contribution in [2.24, 2.45) is 0 Å². The average Bonchev–Trinajstić information content (AvgIpc) is 3.39. The lowest BCUT2D eigenvalue weighted by atomic mass is 9.67. The Labute approximate surface area is 285 Å². The molecule has 1 aliphatic carbocycles. The minimum Gasteiger partial charge on any atom is -0.508 e. The number of benzene rings is 6. The van der Waals surface area contributed by atoms with Crippen LogP contribution in [0, 0.1) is 13.8 Å². The van der Waals surface area contributed by atoms with Crippen LogP contribution in [0.25, 0.3) is 11.1 Å². The maximum absolute atomic E-state index is 11.1. The number of hydrogen-bond acceptors (Lipinski definition) is 6. The molecule has 0 saturated heterocycles. The predicted octanol–water partition coefficient (Wildman–Crippen LogP) is 7.22. The van der Waals surface area contributed by atoms with E-state index in [1.54, 1.807) is 24.3 Å². The van der Waals surface area contributed by atoms with E-state index in [0.717, 1.165) is 33.4 Å². The number of hydrogen-bond donors (Lipinski definition) is 4. The van der Waals surface area contributed by atoms with Gasteiger partial charge in [0.25, 0.3) is 0 Å². The fourth-order valence-corrected chi connectivity index (χ4v) is 6.98. The second kappa shape index (κ2) is 13.8. The zero-order valence-electron chi connectivity index (χ0n) is 27.3. The van der Waals surface area contributed by atoms with Crippen LogP contribution in [0.4, 0.5) is 11.4 Å². The molecule has 8 nitrogen and oxygen atoms in total. The molecule has 0 aromatic heterocycles. The predicted molar refractivity (Wildman–Crippen MR) is 193 cm³/mol. The van der Waals surface area contributed by atoms with Crippen molar-refractivity contribution in [2.45, 2.75) is 32.4 Å². The highest BCUT2D eigenvalue weighted by molar-refractivity contribution is 5.86. The molecule has 0 atom stereocenters. The van der Waals surface area contributed by atoms with E-state index in [1.165, 1.54) is 32.4 Å². The number of phenols is 2. The van der Waals surface area contributed by atoms with Crippen molar-refractivity contribution in [2.75, 3.05) is 10.1 Å². The molecule has 250 valence electrons. The summed E-state index contributed by atoms with van der Waals surface area (Å²) < 4.78 is 0. The number of rotatable bonds is 8. The lowest BCUT2D eigenvalue weighted by molar-refractivity contribution is 0.249. The maximum atomic E-state index is 11.1. The van der Waals surface area contributed by atoms with Crippen molar-refractivity contribution in [1.82, 2.24) is 0 Å². The summed E-state index contributed by atoms with van der Waals surface area (Å²) in [6.45, 7) is 4.39. The highest BCUT2D eigenvalue weighted by atomic mass is 16.5. The first kappa shape index (κ1) is 34.7. The molecular weight excluding hydrogens is 616 g/mol. The minimum absolute atomic E-state index is 0. The van der Waals surface area contributed by atoms with Crippen molar-refractivity contribution >= 4 is 11.4 Å². The summed E-state index contributed by atoms with van der Waals surface area (Å²) in [5.41, 5.74) is 11.1. The molecule has 0 radical (unpaired) electrons. The zero-order chi connectivity index (χ0) is 32.7. The van der Waals surface area contributed by atoms with Gasteiger partial charge in [-0.05, 0) is 118 Å². The third-order valence-corrected chi connectivity index (χ3v) is 9.45. The molecule has 6 aromatic carbocycles. The van der Waals surface area contributed by atoms with E-state index in [4.69, 9.17) is 0 Å². The van der Waals surface area contributed by atoms with E-state index in [0.29, 0.717) is 11.4 Å². The molecule has 0 heterocycles. The van der Waals surface area contributed by atoms with Crippen LogP contribution >= 0.6 is 0 Å². The number of fused-ring (bicyclic) bond motifs is 3. The van der Waals surface area contributed by atoms with Crippen LogP contribution in [0.2, 0.25) is 0 Å². The van der Waals surface area contributed by atoms with Gasteiger partial charge in [0.2, 0.25) is 0 Å². The summed E-state index contributed by atoms with van der Waals surface area (Å²) in [7, 11) is 0. The Morgan fingerprint density at radius 1 is 0.490 bits per heavy atom. The summed E-state index contributed by atoms with van der Waals surface area (Å²) >= 11 is 0. The molecule has 49 heavy (non-hydrogen) atoms. The van der Waals surface area contributed by atoms with Gasteiger partial charge in [-0.15, -0.1) is 0 Å². The molecule has 0 spiro atoms. The van der Waals surface area contributed by atoms with E-state index in [2.05, 4.69) is 72.8 Å². The van der Waals surface area contributed by atoms with Gasteiger partial charge in [-0.1, -0.05) is 84.9 Å². The molecule has 0 aliphatic heterocycles. The number of anilines is 2. The summed E-state index contributed by atoms with van der Waals surface area (Å²) in [6, 6.07) is 43.4. The first-order valence-electron chi connectivity index (χ1n) is 15.7. The number of hydroxylamine groups is 2. The molecule has 0 bridgehead atoms. The van der Waals surface area contributed by atoms with Gasteiger partial charge in [0, 0.05) is 0 Å². The lowest BCUT2D eigenvalue weighted by Crippen LogP contribution is -2.29. The van der Waals surface area contributed by atoms with Crippen molar-refractivity contribution in [3.63, 3.8) is 0 Å². The van der Waals surface area contributed by atoms with Crippen molar-refractivity contribution < 1.29 is 31.6 Å². The van der Waals surface area contributed by atoms with Gasteiger partial charge in [0.1, 0.15) is 11.5 Å². The van der Waals surface area contributed by atoms with Crippen LogP contribution < -0.4 is 10.1 Å². The molecule has 6 aromatic rings. The van der Waals surface area contributed by atoms with Gasteiger partial charge >= 0.3 is 0 Å². The van der Waals surface area contributed by atoms with Gasteiger partial charge in [-0.2, -0.15) is 0 Å². The molecule has 1 aliphatic rings. The van der Waals surface area contributed by atoms with E-state index >= 15 is 0 Å². The number of aromatic hydroxyl groups is 2. The fraction of sp³-hybridized carbons (Fsp3) is 0.122. The Morgan fingerprint density at radius 3 is 1.45 bits per heavy atom. The molecule has 8 heteroatoms. The van der Waals surface area contributed by atoms with Crippen LogP contribution in [0.1, 0.15) is 44.5 Å². The van der Waals surface area contributed by atoms with E-state index < -0.39 is 5.41 Å². The Kier molecular flexibility index (Phi) is 9.80. The highest BCUT2D eigenvalue weighted by Gasteiger charge is 2.45. The fourth-order valence-electron chi connectivity index (χ4n) is 6.98. The number of nitrogens with zero attached hydrogens (tertiary/aromatic N) is 2. The first-order chi connectivity index (χ1) is 22.8. The zero-order valence-corrected chi connectivity index (χ0v) is 27.3. The molecule has 7 rings (SSSR count). The van der Waals surface area contributed by atoms with E-state index in [1.807, 2.05) is 50.2 Å². The summed E-state index contributed by atoms with van der Waals surface area (Å²) in [6.07, 6.45) is 0. The largest absolute Gasteiger partial charge is 0.508 e. The molecule has 8 N–H and O–H groups in total. The second-order valence-corrected chi connectivity index (χ2v) is 12.3. The topological polar surface area (TPSA) is 150 Å². The van der Waals surface area contributed by atoms with Crippen LogP contribution in [0.3, 0.4) is 0 Å².